The fraction of sp³-hybridized carbons (Fsp3) is 0.0638. The molecule has 5 nitrogen and oxygen atoms in total. The third-order valence-electron chi connectivity index (χ3n) is 11.1. The minimum absolute atomic E-state index is 0.0160. The van der Waals surface area contributed by atoms with Crippen LogP contribution in [0.4, 0.5) is 0 Å². The molecule has 0 N–H and O–H groups in total. The number of hydrogen-bond donors (Lipinski definition) is 0. The molecule has 11 rings (SSSR count). The lowest BCUT2D eigenvalue weighted by atomic mass is 9.82. The summed E-state index contributed by atoms with van der Waals surface area (Å²) in [5, 5.41) is 3.75. The van der Waals surface area contributed by atoms with E-state index in [2.05, 4.69) is 120 Å². The third-order valence-corrected chi connectivity index (χ3v) is 11.1. The Morgan fingerprint density at radius 1 is 0.519 bits per heavy atom. The highest BCUT2D eigenvalue weighted by Gasteiger charge is 2.36. The lowest BCUT2D eigenvalue weighted by Gasteiger charge is -2.21. The number of aromatic nitrogens is 3. The van der Waals surface area contributed by atoms with E-state index in [1.165, 1.54) is 44.1 Å². The molecule has 0 fully saturated rings. The molecular formula is C47H31N3O2. The van der Waals surface area contributed by atoms with E-state index >= 15 is 0 Å². The fourth-order valence-corrected chi connectivity index (χ4v) is 8.64. The molecule has 0 saturated heterocycles. The molecule has 52 heavy (non-hydrogen) atoms. The summed E-state index contributed by atoms with van der Waals surface area (Å²) in [6.45, 7) is 4.66. The minimum Gasteiger partial charge on any atom is -0.436 e. The van der Waals surface area contributed by atoms with Crippen LogP contribution in [0.3, 0.4) is 0 Å². The van der Waals surface area contributed by atoms with Crippen LogP contribution in [0, 0.1) is 0 Å². The summed E-state index contributed by atoms with van der Waals surface area (Å²) in [6.07, 6.45) is 0. The maximum absolute atomic E-state index is 13.8. The van der Waals surface area contributed by atoms with Crippen LogP contribution < -0.4 is 5.43 Å². The molecule has 3 aromatic heterocycles. The van der Waals surface area contributed by atoms with E-state index in [-0.39, 0.29) is 10.8 Å². The molecule has 0 bridgehead atoms. The van der Waals surface area contributed by atoms with Crippen molar-refractivity contribution < 1.29 is 4.42 Å². The van der Waals surface area contributed by atoms with Gasteiger partial charge in [0.25, 0.3) is 0 Å². The molecule has 0 amide bonds. The second-order valence-electron chi connectivity index (χ2n) is 14.4. The van der Waals surface area contributed by atoms with Gasteiger partial charge in [0.2, 0.25) is 5.89 Å². The van der Waals surface area contributed by atoms with E-state index in [1.54, 1.807) is 0 Å². The van der Waals surface area contributed by atoms with Crippen molar-refractivity contribution in [3.05, 3.63) is 173 Å². The molecule has 246 valence electrons. The third kappa shape index (κ3) is 3.93. The minimum atomic E-state index is -0.0943. The molecule has 0 radical (unpaired) electrons. The number of benzene rings is 7. The number of rotatable bonds is 3. The van der Waals surface area contributed by atoms with E-state index in [0.717, 1.165) is 28.0 Å². The maximum atomic E-state index is 13.8. The SMILES string of the molecule is CC1(C)c2ccccc2-c2cc3c4ccccc4n(-c4ccc(-c5nc6cc7c(=O)c8ccccc8n(-c8ccccc8)c7cc6o5)cc4)c3cc21. The first-order valence-corrected chi connectivity index (χ1v) is 17.7. The van der Waals surface area contributed by atoms with Crippen molar-refractivity contribution in [1.29, 1.82) is 0 Å². The molecule has 0 aliphatic heterocycles. The zero-order valence-electron chi connectivity index (χ0n) is 28.6. The van der Waals surface area contributed by atoms with Crippen LogP contribution in [-0.4, -0.2) is 14.1 Å². The smallest absolute Gasteiger partial charge is 0.227 e. The van der Waals surface area contributed by atoms with Gasteiger partial charge in [0.1, 0.15) is 5.52 Å². The van der Waals surface area contributed by atoms with Crippen molar-refractivity contribution in [3.8, 4) is 34.0 Å². The van der Waals surface area contributed by atoms with Gasteiger partial charge in [0.15, 0.2) is 11.0 Å². The zero-order valence-corrected chi connectivity index (χ0v) is 28.6. The second kappa shape index (κ2) is 10.4. The Labute approximate surface area is 298 Å². The van der Waals surface area contributed by atoms with Crippen LogP contribution >= 0.6 is 0 Å². The number of fused-ring (bicyclic) bond motifs is 9. The lowest BCUT2D eigenvalue weighted by molar-refractivity contribution is 0.620. The van der Waals surface area contributed by atoms with Crippen LogP contribution in [0.2, 0.25) is 0 Å². The summed E-state index contributed by atoms with van der Waals surface area (Å²) in [5.41, 5.74) is 13.4. The van der Waals surface area contributed by atoms with Gasteiger partial charge in [0, 0.05) is 50.0 Å². The maximum Gasteiger partial charge on any atom is 0.227 e. The molecule has 1 aliphatic rings. The van der Waals surface area contributed by atoms with Crippen molar-refractivity contribution >= 4 is 54.7 Å². The second-order valence-corrected chi connectivity index (χ2v) is 14.4. The van der Waals surface area contributed by atoms with Crippen LogP contribution in [0.1, 0.15) is 25.0 Å². The average Bonchev–Trinajstić information content (AvgIpc) is 3.82. The summed E-state index contributed by atoms with van der Waals surface area (Å²) in [5.74, 6) is 0.514. The lowest BCUT2D eigenvalue weighted by Crippen LogP contribution is -2.14. The fourth-order valence-electron chi connectivity index (χ4n) is 8.64. The Hall–Kier alpha value is -6.72. The van der Waals surface area contributed by atoms with Gasteiger partial charge in [0.05, 0.1) is 22.1 Å². The van der Waals surface area contributed by atoms with Gasteiger partial charge in [-0.3, -0.25) is 4.79 Å². The van der Waals surface area contributed by atoms with E-state index in [0.29, 0.717) is 27.8 Å². The van der Waals surface area contributed by atoms with Crippen molar-refractivity contribution in [2.45, 2.75) is 19.3 Å². The number of hydrogen-bond acceptors (Lipinski definition) is 3. The van der Waals surface area contributed by atoms with Crippen molar-refractivity contribution in [3.63, 3.8) is 0 Å². The van der Waals surface area contributed by atoms with Gasteiger partial charge < -0.3 is 13.6 Å². The monoisotopic (exact) mass is 669 g/mol. The first-order valence-electron chi connectivity index (χ1n) is 17.7. The Bertz CT molecular complexity index is 3160. The van der Waals surface area contributed by atoms with Crippen LogP contribution in [-0.2, 0) is 5.41 Å². The standard InChI is InChI=1S/C47H31N3O2/c1-47(2)37-17-9-6-14-31(37)34-24-35-32-15-7-10-18-40(32)50(42(35)26-38(34)47)30-22-20-28(21-23-30)46-48-39-25-36-43(27-44(39)52-46)49(29-12-4-3-5-13-29)41-19-11-8-16-33(41)45(36)51/h3-27H,1-2H3. The highest BCUT2D eigenvalue weighted by Crippen LogP contribution is 2.51. The van der Waals surface area contributed by atoms with Crippen LogP contribution in [0.15, 0.2) is 161 Å². The Morgan fingerprint density at radius 2 is 1.15 bits per heavy atom. The zero-order chi connectivity index (χ0) is 34.7. The molecule has 10 aromatic rings. The number of pyridine rings is 1. The van der Waals surface area contributed by atoms with Gasteiger partial charge >= 0.3 is 0 Å². The van der Waals surface area contributed by atoms with Crippen molar-refractivity contribution in [2.24, 2.45) is 0 Å². The van der Waals surface area contributed by atoms with Gasteiger partial charge in [-0.25, -0.2) is 4.98 Å². The number of nitrogens with zero attached hydrogens (tertiary/aromatic N) is 3. The van der Waals surface area contributed by atoms with E-state index in [4.69, 9.17) is 9.40 Å². The molecule has 0 unspecified atom stereocenters. The first kappa shape index (κ1) is 29.1. The summed E-state index contributed by atoms with van der Waals surface area (Å²) in [6, 6.07) is 52.4. The highest BCUT2D eigenvalue weighted by atomic mass is 16.3. The summed E-state index contributed by atoms with van der Waals surface area (Å²) in [4.78, 5) is 18.7. The summed E-state index contributed by atoms with van der Waals surface area (Å²) >= 11 is 0. The van der Waals surface area contributed by atoms with E-state index < -0.39 is 0 Å². The van der Waals surface area contributed by atoms with Gasteiger partial charge in [-0.1, -0.05) is 86.6 Å². The number of oxazole rings is 1. The normalized spacial score (nSPS) is 13.4. The van der Waals surface area contributed by atoms with Gasteiger partial charge in [-0.05, 0) is 95.1 Å². The van der Waals surface area contributed by atoms with Crippen molar-refractivity contribution in [1.82, 2.24) is 14.1 Å². The Kier molecular flexibility index (Phi) is 5.81. The summed E-state index contributed by atoms with van der Waals surface area (Å²) in [7, 11) is 0. The first-order chi connectivity index (χ1) is 25.5. The molecule has 0 saturated carbocycles. The largest absolute Gasteiger partial charge is 0.436 e. The predicted octanol–water partition coefficient (Wildman–Crippen LogP) is 11.4. The molecule has 3 heterocycles. The highest BCUT2D eigenvalue weighted by molar-refractivity contribution is 6.11. The quantitative estimate of drug-likeness (QED) is 0.176. The predicted molar refractivity (Wildman–Crippen MR) is 212 cm³/mol. The molecule has 0 spiro atoms. The molecule has 1 aliphatic carbocycles. The topological polar surface area (TPSA) is 53.0 Å². The van der Waals surface area contributed by atoms with Gasteiger partial charge in [-0.15, -0.1) is 0 Å². The number of para-hydroxylation sites is 3. The van der Waals surface area contributed by atoms with Crippen LogP contribution in [0.5, 0.6) is 0 Å². The summed E-state index contributed by atoms with van der Waals surface area (Å²) < 4.78 is 10.9. The average molecular weight is 670 g/mol. The molecule has 5 heteroatoms. The van der Waals surface area contributed by atoms with Gasteiger partial charge in [-0.2, -0.15) is 0 Å². The van der Waals surface area contributed by atoms with E-state index in [9.17, 15) is 4.79 Å². The molecule has 7 aromatic carbocycles. The Morgan fingerprint density at radius 3 is 1.94 bits per heavy atom. The molecular weight excluding hydrogens is 639 g/mol. The Balaban J connectivity index is 1.06. The van der Waals surface area contributed by atoms with E-state index in [1.807, 2.05) is 54.6 Å². The van der Waals surface area contributed by atoms with Crippen LogP contribution in [0.25, 0.3) is 88.7 Å². The van der Waals surface area contributed by atoms with Crippen molar-refractivity contribution in [2.75, 3.05) is 0 Å². The molecule has 0 atom stereocenters.